The average molecular weight is 1690 g/mol. The third-order valence-corrected chi connectivity index (χ3v) is 24.0. The summed E-state index contributed by atoms with van der Waals surface area (Å²) in [5.41, 5.74) is -6.25. The van der Waals surface area contributed by atoms with Crippen LogP contribution in [0.3, 0.4) is 0 Å². The molecule has 1 aliphatic carbocycles. The first-order chi connectivity index (χ1) is 51.9. The minimum atomic E-state index is -4.80. The van der Waals surface area contributed by atoms with E-state index in [1.807, 2.05) is 0 Å². The maximum atomic E-state index is 15.5. The van der Waals surface area contributed by atoms with Gasteiger partial charge in [0.2, 0.25) is 0 Å². The summed E-state index contributed by atoms with van der Waals surface area (Å²) in [6.45, 7) is -1.37. The van der Waals surface area contributed by atoms with Gasteiger partial charge in [0.05, 0.1) is 202 Å². The SMILES string of the molecule is CC12N3CC4=C(OCCS(=O)(=O)[O-])CCC(OCCS(=O)(=O)[O-])=C4CN1C(=O)N1CN4C(=O)N5CN6C(=O)N7CN8C(=O)N9Cc%10c(OCCS(=O)(=O)[O-])ccc(OCCS(=O)(=O)[O-])c%10CN%10C(=O)N(CN%11C(=O)N(CN%12C(=O)N(CN(C3=O)C12C)C4C%125)C6C%117)C8(C)C%109C.C[N+](C)(C)C.C[N+](C)(C)C.C[N+](C)(C)C.C[N+](C)(C)C. The molecule has 0 atom stereocenters. The molecule has 1 aromatic rings. The number of hydrogen-bond donors (Lipinski definition) is 0. The first-order valence-electron chi connectivity index (χ1n) is 36.6. The Hall–Kier alpha value is -8.46. The molecular formula is C66H106N20O24S4. The fraction of sp³-hybridized carbons (Fsp3) is 0.727. The number of fused-ring (bicyclic) bond motifs is 2. The maximum absolute atomic E-state index is 15.5. The van der Waals surface area contributed by atoms with Crippen LogP contribution in [0, 0.1) is 0 Å². The average Bonchev–Trinajstić information content (AvgIpc) is 1.49. The minimum absolute atomic E-state index is 0.0144. The standard InChI is InChI=1S/C50H62N16O24S4.4C4H12N/c1-47-49(3)63-23-55-37-35-51(39(55)67)21-53-36-38-57(41(53)69)25-65-45(73)61-19-29-30(34(90-12-16-94(84,85)86)8-7-33(29)89-11-15-93(81,82)83)20-62-46(74)66(50(65,4)48(61,62)2)26-58(38)42(70)54(36)22-52(35)40(68)56(37)24-64(49)44(72)60(47)18-28-27(17-59(47)43(63)71)31(87-9-13-91(75,76)77)5-6-32(28)88-10-14-92(78,79)80;4*1-5(2,3)4/h5-6,35-38H,7-26H2,1-4H3,(H,75,76,77)(H,78,79,80)(H,81,82,83)(H,84,85,86);4*1-4H3/q;4*+1/p-4. The molecule has 0 N–H and O–H groups in total. The van der Waals surface area contributed by atoms with E-state index in [9.17, 15) is 51.9 Å². The summed E-state index contributed by atoms with van der Waals surface area (Å²) in [6.07, 6.45) is -5.34. The molecular weight excluding hydrogens is 1590 g/mol. The molecule has 638 valence electrons. The Morgan fingerprint density at radius 3 is 0.728 bits per heavy atom. The van der Waals surface area contributed by atoms with Crippen molar-refractivity contribution in [1.29, 1.82) is 0 Å². The minimum Gasteiger partial charge on any atom is -0.748 e. The number of hydrogen-bond acceptors (Lipinski definition) is 24. The van der Waals surface area contributed by atoms with Crippen molar-refractivity contribution >= 4 is 88.7 Å². The number of ether oxygens (including phenoxy) is 4. The first-order valence-corrected chi connectivity index (χ1v) is 42.9. The van der Waals surface area contributed by atoms with Gasteiger partial charge in [0.25, 0.3) is 0 Å². The number of carbonyl (C=O) groups is 8. The number of nitrogens with zero attached hydrogens (tertiary/aromatic N) is 20. The van der Waals surface area contributed by atoms with E-state index >= 15 is 38.4 Å². The van der Waals surface area contributed by atoms with Crippen LogP contribution in [-0.2, 0) is 63.0 Å². The lowest BCUT2D eigenvalue weighted by atomic mass is 9.94. The van der Waals surface area contributed by atoms with Gasteiger partial charge in [0, 0.05) is 35.1 Å². The monoisotopic (exact) mass is 1690 g/mol. The highest BCUT2D eigenvalue weighted by Gasteiger charge is 2.80. The quantitative estimate of drug-likeness (QED) is 0.129. The third kappa shape index (κ3) is 15.7. The molecule has 0 saturated carbocycles. The van der Waals surface area contributed by atoms with Gasteiger partial charge in [-0.1, -0.05) is 0 Å². The number of amides is 16. The Labute approximate surface area is 664 Å². The molecule has 44 nitrogen and oxygen atoms in total. The van der Waals surface area contributed by atoms with E-state index in [2.05, 4.69) is 113 Å². The van der Waals surface area contributed by atoms with Crippen molar-refractivity contribution in [2.45, 2.75) is 101 Å². The lowest BCUT2D eigenvalue weighted by Crippen LogP contribution is -2.69. The largest absolute Gasteiger partial charge is 0.748 e. The zero-order chi connectivity index (χ0) is 85.2. The highest BCUT2D eigenvalue weighted by atomic mass is 32.2. The molecule has 13 aliphatic heterocycles. The number of carbonyl (C=O) groups excluding carboxylic acids is 8. The van der Waals surface area contributed by atoms with E-state index in [0.29, 0.717) is 0 Å². The molecule has 12 saturated heterocycles. The Balaban J connectivity index is 0.000000573. The number of rotatable bonds is 16. The van der Waals surface area contributed by atoms with Crippen molar-refractivity contribution in [3.05, 3.63) is 45.9 Å². The molecule has 114 heavy (non-hydrogen) atoms. The Bertz CT molecular complexity index is 4380. The summed E-state index contributed by atoms with van der Waals surface area (Å²) in [6, 6.07) is -3.56. The Morgan fingerprint density at radius 1 is 0.316 bits per heavy atom. The fourth-order valence-electron chi connectivity index (χ4n) is 16.5. The lowest BCUT2D eigenvalue weighted by Gasteiger charge is -2.49. The predicted molar refractivity (Wildman–Crippen MR) is 394 cm³/mol. The van der Waals surface area contributed by atoms with Gasteiger partial charge in [-0.2, -0.15) is 0 Å². The zero-order valence-corrected chi connectivity index (χ0v) is 71.2. The number of quaternary nitrogens is 4. The van der Waals surface area contributed by atoms with Crippen molar-refractivity contribution in [2.24, 2.45) is 0 Å². The van der Waals surface area contributed by atoms with Gasteiger partial charge in [-0.3, -0.25) is 78.4 Å². The third-order valence-electron chi connectivity index (χ3n) is 21.3. The van der Waals surface area contributed by atoms with Crippen molar-refractivity contribution in [3.63, 3.8) is 0 Å². The van der Waals surface area contributed by atoms with Crippen LogP contribution in [0.5, 0.6) is 11.5 Å². The molecule has 13 heterocycles. The molecule has 12 fully saturated rings. The number of benzene rings is 1. The van der Waals surface area contributed by atoms with Crippen LogP contribution in [0.1, 0.15) is 51.7 Å². The molecule has 0 unspecified atom stereocenters. The van der Waals surface area contributed by atoms with Gasteiger partial charge < -0.3 is 55.1 Å². The van der Waals surface area contributed by atoms with E-state index in [1.165, 1.54) is 90.5 Å². The van der Waals surface area contributed by atoms with Crippen LogP contribution >= 0.6 is 0 Å². The maximum Gasteiger partial charge on any atom is 0.326 e. The van der Waals surface area contributed by atoms with E-state index in [-0.39, 0.29) is 71.2 Å². The summed E-state index contributed by atoms with van der Waals surface area (Å²) in [5, 5.41) is 0. The second-order valence-corrected chi connectivity index (χ2v) is 42.3. The molecule has 0 spiro atoms. The van der Waals surface area contributed by atoms with Crippen LogP contribution in [0.2, 0.25) is 0 Å². The lowest BCUT2D eigenvalue weighted by molar-refractivity contribution is -0.849. The van der Waals surface area contributed by atoms with E-state index in [0.717, 1.165) is 17.9 Å². The Kier molecular flexibility index (Phi) is 21.8. The second-order valence-electron chi connectivity index (χ2n) is 36.2. The van der Waals surface area contributed by atoms with Gasteiger partial charge in [-0.15, -0.1) is 0 Å². The van der Waals surface area contributed by atoms with Crippen molar-refractivity contribution in [3.8, 4) is 11.5 Å². The van der Waals surface area contributed by atoms with E-state index in [4.69, 9.17) is 18.9 Å². The highest BCUT2D eigenvalue weighted by molar-refractivity contribution is 7.86. The van der Waals surface area contributed by atoms with Crippen molar-refractivity contribution in [1.82, 2.24) is 78.4 Å². The summed E-state index contributed by atoms with van der Waals surface area (Å²) in [7, 11) is 14.9. The van der Waals surface area contributed by atoms with Crippen LogP contribution in [0.15, 0.2) is 34.8 Å². The molecule has 0 radical (unpaired) electrons. The van der Waals surface area contributed by atoms with E-state index in [1.54, 1.807) is 27.7 Å². The van der Waals surface area contributed by atoms with Gasteiger partial charge >= 0.3 is 48.2 Å². The van der Waals surface area contributed by atoms with Crippen LogP contribution in [-0.4, -0.2) is 459 Å². The summed E-state index contributed by atoms with van der Waals surface area (Å²) < 4.78 is 167. The van der Waals surface area contributed by atoms with Crippen molar-refractivity contribution < 1.29 is 127 Å². The topological polar surface area (TPSA) is 454 Å². The zero-order valence-electron chi connectivity index (χ0n) is 68.0. The molecule has 16 amide bonds. The normalized spacial score (nSPS) is 28.1. The molecule has 14 aliphatic rings. The highest BCUT2D eigenvalue weighted by Crippen LogP contribution is 2.59. The van der Waals surface area contributed by atoms with Crippen LogP contribution < -0.4 is 9.47 Å². The number of allylic oxidation sites excluding steroid dienone is 2. The summed E-state index contributed by atoms with van der Waals surface area (Å²) in [5.74, 6) is -3.62. The van der Waals surface area contributed by atoms with Gasteiger partial charge in [0.15, 0.2) is 47.3 Å². The predicted octanol–water partition coefficient (Wildman–Crippen LogP) is -1.87. The van der Waals surface area contributed by atoms with Gasteiger partial charge in [0.1, 0.15) is 89.5 Å². The second kappa shape index (κ2) is 28.7. The summed E-state index contributed by atoms with van der Waals surface area (Å²) >= 11 is 0. The molecule has 15 rings (SSSR count). The van der Waals surface area contributed by atoms with Gasteiger partial charge in [-0.05, 0) is 39.8 Å². The Morgan fingerprint density at radius 2 is 0.509 bits per heavy atom. The molecule has 0 aromatic heterocycles. The van der Waals surface area contributed by atoms with Crippen LogP contribution in [0.4, 0.5) is 38.4 Å². The number of urea groups is 8. The molecule has 0 bridgehead atoms. The molecule has 1 aromatic carbocycles. The smallest absolute Gasteiger partial charge is 0.326 e. The van der Waals surface area contributed by atoms with Crippen molar-refractivity contribution in [2.75, 3.05) is 215 Å². The molecule has 48 heteroatoms. The van der Waals surface area contributed by atoms with Crippen LogP contribution in [0.25, 0.3) is 0 Å². The fourth-order valence-corrected chi connectivity index (χ4v) is 17.6. The van der Waals surface area contributed by atoms with Gasteiger partial charge in [-0.25, -0.2) is 72.0 Å². The first kappa shape index (κ1) is 86.4. The van der Waals surface area contributed by atoms with E-state index < -0.39 is 239 Å². The summed E-state index contributed by atoms with van der Waals surface area (Å²) in [4.78, 5) is 145.